The molecule has 1 unspecified atom stereocenters. The van der Waals surface area contributed by atoms with Gasteiger partial charge in [0.2, 0.25) is 0 Å². The van der Waals surface area contributed by atoms with Gasteiger partial charge in [-0.2, -0.15) is 0 Å². The second-order valence-electron chi connectivity index (χ2n) is 8.81. The van der Waals surface area contributed by atoms with Gasteiger partial charge in [0.25, 0.3) is 0 Å². The molecule has 39 heavy (non-hydrogen) atoms. The number of rotatable bonds is 6. The molecule has 10 heteroatoms. The summed E-state index contributed by atoms with van der Waals surface area (Å²) < 4.78 is 25.4. The van der Waals surface area contributed by atoms with Crippen molar-refractivity contribution in [2.45, 2.75) is 11.3 Å². The van der Waals surface area contributed by atoms with Crippen molar-refractivity contribution in [3.8, 4) is 28.3 Å². The van der Waals surface area contributed by atoms with E-state index in [-0.39, 0.29) is 0 Å². The zero-order valence-electron chi connectivity index (χ0n) is 20.3. The number of nitrogens with one attached hydrogen (secondary N) is 1. The Labute approximate surface area is 230 Å². The second kappa shape index (κ2) is 10.4. The van der Waals surface area contributed by atoms with E-state index in [1.807, 2.05) is 28.6 Å². The van der Waals surface area contributed by atoms with E-state index < -0.39 is 22.7 Å². The maximum Gasteiger partial charge on any atom is 0.439 e. The summed E-state index contributed by atoms with van der Waals surface area (Å²) in [5, 5.41) is 4.11. The standard InChI is InChI=1S/C29H20ClN3O5S/c30-21-9-12-24(25(17-21)28(34)37-22-4-2-1-3-5-22)19-8-13-26-20(16-19)14-15-33(26)39(36)23-10-6-18(7-11-23)27-31-29(35)38-32-27/h1-13,16-17H,14-15H2,(H,31,32,35). The van der Waals surface area contributed by atoms with Crippen LogP contribution in [0.5, 0.6) is 5.75 Å². The Morgan fingerprint density at radius 1 is 0.974 bits per heavy atom. The van der Waals surface area contributed by atoms with Gasteiger partial charge in [0.05, 0.1) is 16.1 Å². The number of hydrogen-bond donors (Lipinski definition) is 1. The van der Waals surface area contributed by atoms with Gasteiger partial charge in [0, 0.05) is 17.1 Å². The Morgan fingerprint density at radius 2 is 1.74 bits per heavy atom. The maximum absolute atomic E-state index is 13.4. The number of fused-ring (bicyclic) bond motifs is 1. The fourth-order valence-corrected chi connectivity index (χ4v) is 5.92. The third kappa shape index (κ3) is 5.01. The number of halogens is 1. The molecule has 6 rings (SSSR count). The smallest absolute Gasteiger partial charge is 0.423 e. The first kappa shape index (κ1) is 24.8. The number of esters is 1. The number of carbonyl (C=O) groups is 1. The minimum atomic E-state index is -1.44. The summed E-state index contributed by atoms with van der Waals surface area (Å²) in [5.41, 5.74) is 4.43. The number of aromatic nitrogens is 2. The molecule has 0 saturated carbocycles. The average Bonchev–Trinajstić information content (AvgIpc) is 3.59. The van der Waals surface area contributed by atoms with Crippen LogP contribution in [0.25, 0.3) is 22.5 Å². The molecular formula is C29H20ClN3O5S. The first-order valence-electron chi connectivity index (χ1n) is 12.0. The highest BCUT2D eigenvalue weighted by atomic mass is 35.5. The maximum atomic E-state index is 13.4. The average molecular weight is 558 g/mol. The van der Waals surface area contributed by atoms with Crippen molar-refractivity contribution in [1.82, 2.24) is 10.1 Å². The lowest BCUT2D eigenvalue weighted by atomic mass is 9.97. The lowest BCUT2D eigenvalue weighted by molar-refractivity contribution is 0.0735. The summed E-state index contributed by atoms with van der Waals surface area (Å²) in [6.07, 6.45) is 0.699. The van der Waals surface area contributed by atoms with E-state index >= 15 is 0 Å². The second-order valence-corrected chi connectivity index (χ2v) is 10.7. The highest BCUT2D eigenvalue weighted by Crippen LogP contribution is 2.36. The minimum absolute atomic E-state index is 0.311. The quantitative estimate of drug-likeness (QED) is 0.213. The molecule has 4 aromatic carbocycles. The zero-order valence-corrected chi connectivity index (χ0v) is 21.9. The van der Waals surface area contributed by atoms with Crippen LogP contribution in [-0.4, -0.2) is 26.9 Å². The van der Waals surface area contributed by atoms with Crippen molar-refractivity contribution in [3.05, 3.63) is 118 Å². The van der Waals surface area contributed by atoms with Crippen molar-refractivity contribution >= 4 is 34.2 Å². The van der Waals surface area contributed by atoms with Gasteiger partial charge in [-0.05, 0) is 83.8 Å². The molecule has 1 aliphatic heterocycles. The van der Waals surface area contributed by atoms with Gasteiger partial charge in [-0.1, -0.05) is 47.1 Å². The number of ether oxygens (including phenoxy) is 1. The molecule has 0 spiro atoms. The predicted molar refractivity (Wildman–Crippen MR) is 148 cm³/mol. The third-order valence-electron chi connectivity index (χ3n) is 6.37. The Bertz CT molecular complexity index is 1770. The summed E-state index contributed by atoms with van der Waals surface area (Å²) in [6.45, 7) is 0.577. The Morgan fingerprint density at radius 3 is 2.49 bits per heavy atom. The highest BCUT2D eigenvalue weighted by Gasteiger charge is 2.26. The molecule has 0 saturated heterocycles. The first-order chi connectivity index (χ1) is 19.0. The number of carbonyl (C=O) groups excluding carboxylic acids is 1. The van der Waals surface area contributed by atoms with Crippen molar-refractivity contribution in [3.63, 3.8) is 0 Å². The largest absolute Gasteiger partial charge is 0.439 e. The van der Waals surface area contributed by atoms with Crippen LogP contribution in [0.15, 0.2) is 105 Å². The molecule has 0 aliphatic carbocycles. The minimum Gasteiger partial charge on any atom is -0.423 e. The van der Waals surface area contributed by atoms with E-state index in [4.69, 9.17) is 16.3 Å². The number of para-hydroxylation sites is 1. The molecule has 0 bridgehead atoms. The van der Waals surface area contributed by atoms with Crippen molar-refractivity contribution in [1.29, 1.82) is 0 Å². The summed E-state index contributed by atoms with van der Waals surface area (Å²) >= 11 is 6.23. The number of H-pyrrole nitrogens is 1. The Balaban J connectivity index is 1.26. The summed E-state index contributed by atoms with van der Waals surface area (Å²) in [7, 11) is -1.44. The lowest BCUT2D eigenvalue weighted by Crippen LogP contribution is -2.23. The van der Waals surface area contributed by atoms with Gasteiger partial charge < -0.3 is 4.74 Å². The van der Waals surface area contributed by atoms with Crippen LogP contribution in [0.4, 0.5) is 5.69 Å². The van der Waals surface area contributed by atoms with Crippen LogP contribution in [0.2, 0.25) is 5.02 Å². The van der Waals surface area contributed by atoms with Gasteiger partial charge in [-0.15, -0.1) is 0 Å². The number of nitrogens with zero attached hydrogens (tertiary/aromatic N) is 2. The zero-order chi connectivity index (χ0) is 26.9. The summed E-state index contributed by atoms with van der Waals surface area (Å²) in [6, 6.07) is 26.8. The van der Waals surface area contributed by atoms with Crippen LogP contribution >= 0.6 is 11.6 Å². The molecule has 1 N–H and O–H groups in total. The SMILES string of the molecule is O=C(Oc1ccccc1)c1cc(Cl)ccc1-c1ccc2c(c1)CCN2S(=O)c1ccc(-c2noc(=O)[nH]2)cc1. The Hall–Kier alpha value is -4.47. The summed E-state index contributed by atoms with van der Waals surface area (Å²) in [4.78, 5) is 27.4. The van der Waals surface area contributed by atoms with Crippen LogP contribution in [0.1, 0.15) is 15.9 Å². The molecular weight excluding hydrogens is 538 g/mol. The molecule has 0 amide bonds. The predicted octanol–water partition coefficient (Wildman–Crippen LogP) is 5.65. The van der Waals surface area contributed by atoms with Crippen molar-refractivity contribution in [2.75, 3.05) is 10.8 Å². The van der Waals surface area contributed by atoms with Crippen molar-refractivity contribution in [2.24, 2.45) is 0 Å². The third-order valence-corrected chi connectivity index (χ3v) is 8.06. The van der Waals surface area contributed by atoms with E-state index in [2.05, 4.69) is 14.7 Å². The van der Waals surface area contributed by atoms with Gasteiger partial charge in [-0.25, -0.2) is 13.8 Å². The highest BCUT2D eigenvalue weighted by molar-refractivity contribution is 7.86. The van der Waals surface area contributed by atoms with Gasteiger partial charge >= 0.3 is 11.7 Å². The fraction of sp³-hybridized carbons (Fsp3) is 0.0690. The van der Waals surface area contributed by atoms with E-state index in [1.165, 1.54) is 0 Å². The van der Waals surface area contributed by atoms with E-state index in [0.717, 1.165) is 16.8 Å². The van der Waals surface area contributed by atoms with E-state index in [1.54, 1.807) is 66.7 Å². The Kier molecular flexibility index (Phi) is 6.60. The number of hydrogen-bond acceptors (Lipinski definition) is 6. The lowest BCUT2D eigenvalue weighted by Gasteiger charge is -2.19. The van der Waals surface area contributed by atoms with Crippen LogP contribution in [0, 0.1) is 0 Å². The fourth-order valence-electron chi connectivity index (χ4n) is 4.51. The van der Waals surface area contributed by atoms with Gasteiger partial charge in [0.15, 0.2) is 16.8 Å². The first-order valence-corrected chi connectivity index (χ1v) is 13.5. The topological polar surface area (TPSA) is 106 Å². The molecule has 5 aromatic rings. The van der Waals surface area contributed by atoms with E-state index in [9.17, 15) is 13.8 Å². The summed E-state index contributed by atoms with van der Waals surface area (Å²) in [5.74, 6) is -0.377. The molecule has 1 atom stereocenters. The normalized spacial score (nSPS) is 13.2. The molecule has 0 fully saturated rings. The molecule has 2 heterocycles. The van der Waals surface area contributed by atoms with Gasteiger partial charge in [-0.3, -0.25) is 13.8 Å². The van der Waals surface area contributed by atoms with Crippen LogP contribution < -0.4 is 14.8 Å². The van der Waals surface area contributed by atoms with Gasteiger partial charge in [0.1, 0.15) is 5.75 Å². The monoisotopic (exact) mass is 557 g/mol. The van der Waals surface area contributed by atoms with Crippen LogP contribution in [-0.2, 0) is 17.4 Å². The molecule has 1 aliphatic rings. The molecule has 0 radical (unpaired) electrons. The van der Waals surface area contributed by atoms with Crippen molar-refractivity contribution < 1.29 is 18.3 Å². The number of anilines is 1. The molecule has 194 valence electrons. The number of aromatic amines is 1. The van der Waals surface area contributed by atoms with E-state index in [0.29, 0.717) is 51.1 Å². The van der Waals surface area contributed by atoms with Crippen LogP contribution in [0.3, 0.4) is 0 Å². The molecule has 8 nitrogen and oxygen atoms in total. The number of benzene rings is 4. The molecule has 1 aromatic heterocycles.